The van der Waals surface area contributed by atoms with Gasteiger partial charge in [-0.2, -0.15) is 0 Å². The topological polar surface area (TPSA) is 78.9 Å². The predicted octanol–water partition coefficient (Wildman–Crippen LogP) is 0.434. The maximum atomic E-state index is 13.2. The number of hydrogen-bond acceptors (Lipinski definition) is 5. The first-order valence-corrected chi connectivity index (χ1v) is 9.22. The van der Waals surface area contributed by atoms with Gasteiger partial charge in [0.2, 0.25) is 10.0 Å². The summed E-state index contributed by atoms with van der Waals surface area (Å²) in [6.45, 7) is 0.0302. The molecule has 0 aromatic heterocycles. The van der Waals surface area contributed by atoms with E-state index in [1.54, 1.807) is 18.2 Å². The molecule has 1 aromatic rings. The van der Waals surface area contributed by atoms with Crippen LogP contribution in [-0.2, 0) is 14.8 Å². The van der Waals surface area contributed by atoms with Crippen LogP contribution < -0.4 is 4.72 Å². The van der Waals surface area contributed by atoms with Crippen LogP contribution in [0.4, 0.5) is 8.78 Å². The Hall–Kier alpha value is -1.13. The molecular formula is C15H20F2N2O4S. The number of hydrogen-bond donors (Lipinski definition) is 2. The molecule has 0 spiro atoms. The Bertz CT molecular complexity index is 671. The summed E-state index contributed by atoms with van der Waals surface area (Å²) in [5.41, 5.74) is 0. The van der Waals surface area contributed by atoms with Crippen LogP contribution in [0.25, 0.3) is 0 Å². The van der Waals surface area contributed by atoms with Crippen molar-refractivity contribution in [3.05, 3.63) is 30.3 Å². The second-order valence-electron chi connectivity index (χ2n) is 6.24. The van der Waals surface area contributed by atoms with Gasteiger partial charge in [-0.05, 0) is 12.1 Å². The number of alkyl halides is 2. The van der Waals surface area contributed by atoms with Gasteiger partial charge in [0.15, 0.2) is 0 Å². The van der Waals surface area contributed by atoms with Crippen LogP contribution in [0.1, 0.15) is 6.42 Å². The molecular weight excluding hydrogens is 342 g/mol. The van der Waals surface area contributed by atoms with Gasteiger partial charge < -0.3 is 9.84 Å². The van der Waals surface area contributed by atoms with E-state index in [-0.39, 0.29) is 37.6 Å². The molecule has 2 aliphatic heterocycles. The van der Waals surface area contributed by atoms with Crippen LogP contribution in [-0.4, -0.2) is 68.8 Å². The number of ether oxygens (including phenoxy) is 1. The summed E-state index contributed by atoms with van der Waals surface area (Å²) in [6.07, 6.45) is -1.99. The number of rotatable bonds is 5. The number of benzene rings is 1. The monoisotopic (exact) mass is 362 g/mol. The molecule has 3 unspecified atom stereocenters. The molecule has 134 valence electrons. The maximum absolute atomic E-state index is 13.2. The van der Waals surface area contributed by atoms with Gasteiger partial charge in [-0.25, -0.2) is 21.9 Å². The van der Waals surface area contributed by atoms with Crippen molar-refractivity contribution in [3.63, 3.8) is 0 Å². The Morgan fingerprint density at radius 1 is 1.33 bits per heavy atom. The summed E-state index contributed by atoms with van der Waals surface area (Å²) < 4.78 is 58.8. The first-order chi connectivity index (χ1) is 11.3. The summed E-state index contributed by atoms with van der Waals surface area (Å²) in [6, 6.07) is 7.01. The van der Waals surface area contributed by atoms with Gasteiger partial charge in [-0.3, -0.25) is 4.90 Å². The molecule has 24 heavy (non-hydrogen) atoms. The van der Waals surface area contributed by atoms with Gasteiger partial charge in [0.1, 0.15) is 0 Å². The third kappa shape index (κ3) is 3.92. The van der Waals surface area contributed by atoms with E-state index in [1.807, 2.05) is 0 Å². The minimum atomic E-state index is -3.77. The summed E-state index contributed by atoms with van der Waals surface area (Å²) in [7, 11) is -3.77. The molecule has 1 aromatic carbocycles. The Balaban J connectivity index is 1.59. The number of likely N-dealkylation sites (tertiary alicyclic amines) is 1. The van der Waals surface area contributed by atoms with Gasteiger partial charge in [0, 0.05) is 19.5 Å². The molecule has 2 aliphatic rings. The summed E-state index contributed by atoms with van der Waals surface area (Å²) in [5, 5.41) is 10.3. The van der Waals surface area contributed by atoms with Crippen molar-refractivity contribution in [2.45, 2.75) is 35.5 Å². The molecule has 0 saturated carbocycles. The van der Waals surface area contributed by atoms with Crippen molar-refractivity contribution in [2.75, 3.05) is 26.2 Å². The standard InChI is InChI=1S/C15H20F2N2O4S/c16-15(17)6-7-19(10-15)8-13-14(20)12(9-23-13)18-24(21,22)11-4-2-1-3-5-11/h1-5,12-14,18,20H,6-10H2. The van der Waals surface area contributed by atoms with Crippen LogP contribution >= 0.6 is 0 Å². The lowest BCUT2D eigenvalue weighted by Crippen LogP contribution is -2.46. The van der Waals surface area contributed by atoms with Gasteiger partial charge in [0.05, 0.1) is 36.3 Å². The van der Waals surface area contributed by atoms with Crippen LogP contribution in [0.15, 0.2) is 35.2 Å². The van der Waals surface area contributed by atoms with E-state index in [4.69, 9.17) is 4.74 Å². The summed E-state index contributed by atoms with van der Waals surface area (Å²) in [4.78, 5) is 1.63. The Morgan fingerprint density at radius 2 is 2.04 bits per heavy atom. The van der Waals surface area contributed by atoms with E-state index in [2.05, 4.69) is 4.72 Å². The Labute approximate surface area is 139 Å². The normalized spacial score (nSPS) is 30.7. The average Bonchev–Trinajstić information content (AvgIpc) is 3.04. The molecule has 2 heterocycles. The second kappa shape index (κ2) is 6.64. The summed E-state index contributed by atoms with van der Waals surface area (Å²) in [5.74, 6) is -2.71. The van der Waals surface area contributed by atoms with Crippen molar-refractivity contribution >= 4 is 10.0 Å². The summed E-state index contributed by atoms with van der Waals surface area (Å²) >= 11 is 0. The zero-order chi connectivity index (χ0) is 17.4. The van der Waals surface area contributed by atoms with Crippen LogP contribution in [0.5, 0.6) is 0 Å². The van der Waals surface area contributed by atoms with E-state index in [0.29, 0.717) is 0 Å². The van der Waals surface area contributed by atoms with Crippen molar-refractivity contribution in [2.24, 2.45) is 0 Å². The molecule has 0 amide bonds. The number of sulfonamides is 1. The fourth-order valence-electron chi connectivity index (χ4n) is 3.03. The molecule has 0 aliphatic carbocycles. The van der Waals surface area contributed by atoms with Crippen LogP contribution in [0, 0.1) is 0 Å². The van der Waals surface area contributed by atoms with Crippen LogP contribution in [0.2, 0.25) is 0 Å². The van der Waals surface area contributed by atoms with E-state index in [1.165, 1.54) is 17.0 Å². The molecule has 3 rings (SSSR count). The SMILES string of the molecule is O=S(=O)(NC1COC(CN2CCC(F)(F)C2)C1O)c1ccccc1. The highest BCUT2D eigenvalue weighted by atomic mass is 32.2. The molecule has 2 N–H and O–H groups in total. The Kier molecular flexibility index (Phi) is 4.89. The Morgan fingerprint density at radius 3 is 2.67 bits per heavy atom. The zero-order valence-electron chi connectivity index (χ0n) is 12.9. The van der Waals surface area contributed by atoms with Crippen molar-refractivity contribution < 1.29 is 27.0 Å². The molecule has 2 saturated heterocycles. The molecule has 3 atom stereocenters. The van der Waals surface area contributed by atoms with Gasteiger partial charge >= 0.3 is 0 Å². The molecule has 9 heteroatoms. The molecule has 6 nitrogen and oxygen atoms in total. The number of nitrogens with zero attached hydrogens (tertiary/aromatic N) is 1. The van der Waals surface area contributed by atoms with E-state index >= 15 is 0 Å². The number of aliphatic hydroxyl groups is 1. The highest BCUT2D eigenvalue weighted by Gasteiger charge is 2.43. The molecule has 0 radical (unpaired) electrons. The molecule has 0 bridgehead atoms. The number of aliphatic hydroxyl groups excluding tert-OH is 1. The minimum Gasteiger partial charge on any atom is -0.389 e. The minimum absolute atomic E-state index is 0.00211. The third-order valence-electron chi connectivity index (χ3n) is 4.33. The van der Waals surface area contributed by atoms with Gasteiger partial charge in [-0.1, -0.05) is 18.2 Å². The van der Waals surface area contributed by atoms with Gasteiger partial charge in [0.25, 0.3) is 5.92 Å². The van der Waals surface area contributed by atoms with Crippen molar-refractivity contribution in [3.8, 4) is 0 Å². The molecule has 2 fully saturated rings. The lowest BCUT2D eigenvalue weighted by molar-refractivity contribution is -0.00722. The third-order valence-corrected chi connectivity index (χ3v) is 5.84. The van der Waals surface area contributed by atoms with Crippen molar-refractivity contribution in [1.29, 1.82) is 0 Å². The lowest BCUT2D eigenvalue weighted by Gasteiger charge is -2.23. The highest BCUT2D eigenvalue weighted by molar-refractivity contribution is 7.89. The highest BCUT2D eigenvalue weighted by Crippen LogP contribution is 2.28. The second-order valence-corrected chi connectivity index (χ2v) is 7.96. The van der Waals surface area contributed by atoms with Crippen LogP contribution in [0.3, 0.4) is 0 Å². The number of nitrogens with one attached hydrogen (secondary N) is 1. The van der Waals surface area contributed by atoms with Crippen molar-refractivity contribution in [1.82, 2.24) is 9.62 Å². The largest absolute Gasteiger partial charge is 0.389 e. The first-order valence-electron chi connectivity index (χ1n) is 7.74. The van der Waals surface area contributed by atoms with E-state index in [0.717, 1.165) is 0 Å². The number of halogens is 2. The fraction of sp³-hybridized carbons (Fsp3) is 0.600. The predicted molar refractivity (Wildman–Crippen MR) is 82.3 cm³/mol. The average molecular weight is 362 g/mol. The zero-order valence-corrected chi connectivity index (χ0v) is 13.8. The quantitative estimate of drug-likeness (QED) is 0.794. The fourth-order valence-corrected chi connectivity index (χ4v) is 4.29. The van der Waals surface area contributed by atoms with E-state index in [9.17, 15) is 22.3 Å². The lowest BCUT2D eigenvalue weighted by atomic mass is 10.1. The first kappa shape index (κ1) is 17.7. The smallest absolute Gasteiger partial charge is 0.261 e. The van der Waals surface area contributed by atoms with E-state index < -0.39 is 34.2 Å². The van der Waals surface area contributed by atoms with Gasteiger partial charge in [-0.15, -0.1) is 0 Å². The maximum Gasteiger partial charge on any atom is 0.261 e.